The summed E-state index contributed by atoms with van der Waals surface area (Å²) < 4.78 is 112. The average molecular weight is 1590 g/mol. The molecule has 37 nitrogen and oxygen atoms in total. The third-order valence-corrected chi connectivity index (χ3v) is 21.5. The first-order chi connectivity index (χ1) is 52.3. The maximum atomic E-state index is 15.0. The Morgan fingerprint density at radius 1 is 0.482 bits per heavy atom. The number of unbranched alkanes of at least 4 members (excludes halogenated alkanes) is 6. The van der Waals surface area contributed by atoms with Gasteiger partial charge in [-0.15, -0.1) is 0 Å². The Bertz CT molecular complexity index is 2830. The molecule has 0 aromatic carbocycles. The van der Waals surface area contributed by atoms with Gasteiger partial charge in [0.1, 0.15) is 116 Å². The molecule has 0 aliphatic carbocycles. The van der Waals surface area contributed by atoms with Gasteiger partial charge >= 0.3 is 23.9 Å². The molecule has 37 heteroatoms. The molecule has 0 radical (unpaired) electrons. The fourth-order valence-corrected chi connectivity index (χ4v) is 14.8. The minimum absolute atomic E-state index is 0.0391. The van der Waals surface area contributed by atoms with Gasteiger partial charge in [-0.2, -0.15) is 0 Å². The van der Waals surface area contributed by atoms with Crippen molar-refractivity contribution in [1.82, 2.24) is 0 Å². The van der Waals surface area contributed by atoms with E-state index in [2.05, 4.69) is 4.74 Å². The summed E-state index contributed by atoms with van der Waals surface area (Å²) in [6, 6.07) is 0. The normalized spacial score (nSPS) is 41.8. The number of aliphatic hydroxyl groups excluding tert-OH is 15. The van der Waals surface area contributed by atoms with E-state index in [-0.39, 0.29) is 30.4 Å². The molecule has 636 valence electrons. The molecule has 0 amide bonds. The predicted octanol–water partition coefficient (Wildman–Crippen LogP) is -2.29. The average Bonchev–Trinajstić information content (AvgIpc) is 0.954. The van der Waals surface area contributed by atoms with E-state index in [1.165, 1.54) is 40.9 Å². The second kappa shape index (κ2) is 43.1. The Labute approximate surface area is 639 Å². The van der Waals surface area contributed by atoms with Gasteiger partial charge in [-0.1, -0.05) is 78.2 Å². The van der Waals surface area contributed by atoms with Gasteiger partial charge < -0.3 is 162 Å². The van der Waals surface area contributed by atoms with Gasteiger partial charge in [-0.3, -0.25) is 14.4 Å². The molecule has 8 heterocycles. The van der Waals surface area contributed by atoms with Crippen molar-refractivity contribution >= 4 is 23.9 Å². The van der Waals surface area contributed by atoms with Crippen LogP contribution in [0.3, 0.4) is 0 Å². The Morgan fingerprint density at radius 3 is 1.63 bits per heavy atom. The number of carbonyl (C=O) groups excluding carboxylic acids is 4. The molecule has 15 N–H and O–H groups in total. The van der Waals surface area contributed by atoms with Crippen molar-refractivity contribution in [3.63, 3.8) is 0 Å². The van der Waals surface area contributed by atoms with Crippen LogP contribution in [0.4, 0.5) is 0 Å². The molecule has 0 saturated carbocycles. The highest BCUT2D eigenvalue weighted by Crippen LogP contribution is 2.45. The Kier molecular flexibility index (Phi) is 36.0. The van der Waals surface area contributed by atoms with Gasteiger partial charge in [-0.05, 0) is 72.6 Å². The van der Waals surface area contributed by atoms with E-state index >= 15 is 0 Å². The maximum absolute atomic E-state index is 15.0. The number of rotatable bonds is 38. The summed E-state index contributed by atoms with van der Waals surface area (Å²) >= 11 is 0. The van der Waals surface area contributed by atoms with Crippen molar-refractivity contribution < 1.29 is 181 Å². The summed E-state index contributed by atoms with van der Waals surface area (Å²) in [5, 5.41) is 169. The van der Waals surface area contributed by atoms with Crippen LogP contribution < -0.4 is 0 Å². The number of hydrogen-bond donors (Lipinski definition) is 15. The molecule has 8 fully saturated rings. The lowest BCUT2D eigenvalue weighted by Crippen LogP contribution is -2.69. The lowest BCUT2D eigenvalue weighted by atomic mass is 9.95. The third kappa shape index (κ3) is 23.9. The first kappa shape index (κ1) is 92.0. The van der Waals surface area contributed by atoms with Crippen LogP contribution >= 0.6 is 0 Å². The Morgan fingerprint density at radius 2 is 1.00 bits per heavy atom. The van der Waals surface area contributed by atoms with E-state index in [0.29, 0.717) is 77.0 Å². The van der Waals surface area contributed by atoms with Crippen molar-refractivity contribution in [2.45, 2.75) is 385 Å². The molecule has 8 aliphatic rings. The second-order valence-electron chi connectivity index (χ2n) is 30.5. The number of esters is 4. The molecule has 0 bridgehead atoms. The molecular formula is C73H122O37. The molecule has 8 aliphatic heterocycles. The molecule has 0 aromatic heterocycles. The van der Waals surface area contributed by atoms with Gasteiger partial charge in [0, 0.05) is 24.8 Å². The molecule has 35 atom stereocenters. The van der Waals surface area contributed by atoms with E-state index in [1.807, 2.05) is 13.8 Å². The van der Waals surface area contributed by atoms with Crippen LogP contribution in [0.5, 0.6) is 0 Å². The smallest absolute Gasteiger partial charge is 0.333 e. The summed E-state index contributed by atoms with van der Waals surface area (Å²) in [6.45, 7) is 9.14. The standard InChI is InChI=1S/C73H122O37/c1-10-12-20-39(21-18-16-14-13-15-17-19-38(77)27-45(78)93-9)97-69-62(56(89)51(84)44(101-69)32-94-67-57(90)53(86)48(81)36(7)95-67)106-72-64(60(52(85)43(31-76)100-72)105-70-61(102-46(79)26-33(3)4)55(88)50(83)42(30-75)99-70)108-71-65(103-47(80)28-40-23-25-73(110-40)24-22-35(6)109-73)63(59(37(8)96-71)104-66(92)34(5)11-2)107-68-58(91)54(87)49(82)41(29-74)98-68/h11,33,35-44,48-65,67-72,74-77,81-91H,10,12-32H2,1-9H3/b34-11+/t35-,36+,37+,38+,39+,40+,41-,42-,43-,44-,48+,49-,50-,51-,52-,53-,54+,55+,56+,57-,58-,59+,60+,61-,62-,63-,64-,65-,67-,68+,69-,70+,71+,72+,73?/m1/s1. The second-order valence-corrected chi connectivity index (χ2v) is 30.5. The van der Waals surface area contributed by atoms with Gasteiger partial charge in [-0.25, -0.2) is 4.79 Å². The van der Waals surface area contributed by atoms with Crippen molar-refractivity contribution in [2.75, 3.05) is 33.5 Å². The highest BCUT2D eigenvalue weighted by molar-refractivity contribution is 5.87. The fourth-order valence-electron chi connectivity index (χ4n) is 14.8. The Balaban J connectivity index is 1.23. The minimum Gasteiger partial charge on any atom is -0.469 e. The van der Waals surface area contributed by atoms with Crippen LogP contribution in [0.15, 0.2) is 11.6 Å². The predicted molar refractivity (Wildman–Crippen MR) is 370 cm³/mol. The maximum Gasteiger partial charge on any atom is 0.333 e. The van der Waals surface area contributed by atoms with E-state index in [4.69, 9.17) is 80.5 Å². The number of allylic oxidation sites excluding steroid dienone is 1. The minimum atomic E-state index is -2.26. The van der Waals surface area contributed by atoms with Crippen LogP contribution in [-0.2, 0) is 104 Å². The van der Waals surface area contributed by atoms with Gasteiger partial charge in [0.05, 0.1) is 83.0 Å². The molecular weight excluding hydrogens is 1470 g/mol. The van der Waals surface area contributed by atoms with E-state index in [1.54, 1.807) is 13.8 Å². The molecule has 8 saturated heterocycles. The SMILES string of the molecule is C/C=C(\C)C(=O)O[C@@H]1[C@@H](O[C@@H]2O[C@H](CO)[C@@H](O)[C@H](O)[C@H]2O)[C@@H](OC(=O)C[C@@H]2CCC3(CC[C@@H](C)O3)O2)[C@H](O[C@H]2[C@H](O[C@H]3[C@H](O[C@@H](CCCC)CCCCCCCC[C@H](O)CC(=O)OC)O[C@H](CO[C@@H]4O[C@@H](C)[C@H](O)[C@@H](O)[C@H]4O)[C@@H](O)[C@@H]3O)O[C@H](CO)[C@@H](O)[C@@H]2O[C@@H]2O[C@H](CO)[C@@H](O)[C@H](O)[C@H]2OC(=O)CC(C)C)O[C@H]1C. The number of hydrogen-bond acceptors (Lipinski definition) is 37. The first-order valence-corrected chi connectivity index (χ1v) is 38.8. The highest BCUT2D eigenvalue weighted by atomic mass is 16.8. The van der Waals surface area contributed by atoms with Crippen LogP contribution in [0.2, 0.25) is 0 Å². The first-order valence-electron chi connectivity index (χ1n) is 38.8. The quantitative estimate of drug-likeness (QED) is 0.0134. The van der Waals surface area contributed by atoms with Crippen LogP contribution in [0.25, 0.3) is 0 Å². The van der Waals surface area contributed by atoms with Crippen molar-refractivity contribution in [3.05, 3.63) is 11.6 Å². The van der Waals surface area contributed by atoms with Crippen molar-refractivity contribution in [3.8, 4) is 0 Å². The number of carbonyl (C=O) groups is 4. The van der Waals surface area contributed by atoms with Crippen LogP contribution in [-0.4, -0.2) is 348 Å². The summed E-state index contributed by atoms with van der Waals surface area (Å²) in [4.78, 5) is 54.4. The summed E-state index contributed by atoms with van der Waals surface area (Å²) in [7, 11) is 1.25. The monoisotopic (exact) mass is 1590 g/mol. The highest BCUT2D eigenvalue weighted by Gasteiger charge is 2.61. The number of aliphatic hydroxyl groups is 15. The van der Waals surface area contributed by atoms with Gasteiger partial charge in [0.15, 0.2) is 61.8 Å². The molecule has 1 unspecified atom stereocenters. The lowest BCUT2D eigenvalue weighted by molar-refractivity contribution is -0.414. The molecule has 110 heavy (non-hydrogen) atoms. The van der Waals surface area contributed by atoms with E-state index in [9.17, 15) is 95.8 Å². The number of ether oxygens (including phenoxy) is 18. The third-order valence-electron chi connectivity index (χ3n) is 21.5. The van der Waals surface area contributed by atoms with Gasteiger partial charge in [0.2, 0.25) is 0 Å². The molecule has 8 rings (SSSR count). The molecule has 0 aromatic rings. The van der Waals surface area contributed by atoms with Crippen LogP contribution in [0, 0.1) is 5.92 Å². The van der Waals surface area contributed by atoms with Crippen LogP contribution in [0.1, 0.15) is 171 Å². The zero-order valence-corrected chi connectivity index (χ0v) is 64.0. The number of methoxy groups -OCH3 is 1. The van der Waals surface area contributed by atoms with E-state index < -0.39 is 265 Å². The van der Waals surface area contributed by atoms with Gasteiger partial charge in [0.25, 0.3) is 0 Å². The fraction of sp³-hybridized carbons (Fsp3) is 0.918. The zero-order valence-electron chi connectivity index (χ0n) is 64.0. The summed E-state index contributed by atoms with van der Waals surface area (Å²) in [5.41, 5.74) is 0.0391. The zero-order chi connectivity index (χ0) is 80.6. The topological polar surface area (TPSA) is 538 Å². The lowest BCUT2D eigenvalue weighted by Gasteiger charge is -2.51. The largest absolute Gasteiger partial charge is 0.469 e. The van der Waals surface area contributed by atoms with Crippen molar-refractivity contribution in [2.24, 2.45) is 5.92 Å². The summed E-state index contributed by atoms with van der Waals surface area (Å²) in [6.07, 6.45) is -51.3. The molecule has 1 spiro atoms. The van der Waals surface area contributed by atoms with Crippen molar-refractivity contribution in [1.29, 1.82) is 0 Å². The Hall–Kier alpha value is -3.54. The summed E-state index contributed by atoms with van der Waals surface area (Å²) in [5.74, 6) is -4.88. The van der Waals surface area contributed by atoms with E-state index in [0.717, 1.165) is 19.3 Å².